The molecule has 0 amide bonds. The van der Waals surface area contributed by atoms with Gasteiger partial charge >= 0.3 is 0 Å². The molecule has 0 aromatic carbocycles. The molecule has 1 saturated heterocycles. The van der Waals surface area contributed by atoms with Crippen LogP contribution in [0.15, 0.2) is 4.40 Å². The summed E-state index contributed by atoms with van der Waals surface area (Å²) in [6, 6.07) is 0. The van der Waals surface area contributed by atoms with Crippen molar-refractivity contribution in [2.24, 2.45) is 10.3 Å². The van der Waals surface area contributed by atoms with Crippen molar-refractivity contribution in [3.63, 3.8) is 0 Å². The summed E-state index contributed by atoms with van der Waals surface area (Å²) in [5, 5.41) is 0. The maximum atomic E-state index is 11.4. The SMILES string of the molecule is CS(=O)(=O)/N=C(\C1CCCC1)N1CCOCC1. The van der Waals surface area contributed by atoms with Crippen molar-refractivity contribution in [2.75, 3.05) is 32.6 Å². The molecule has 0 spiro atoms. The Morgan fingerprint density at radius 3 is 2.35 bits per heavy atom. The fraction of sp³-hybridized carbons (Fsp3) is 0.909. The number of nitrogens with zero attached hydrogens (tertiary/aromatic N) is 2. The van der Waals surface area contributed by atoms with Crippen LogP contribution < -0.4 is 0 Å². The molecule has 6 heteroatoms. The van der Waals surface area contributed by atoms with Crippen LogP contribution >= 0.6 is 0 Å². The molecule has 0 radical (unpaired) electrons. The van der Waals surface area contributed by atoms with Gasteiger partial charge in [0.1, 0.15) is 5.84 Å². The lowest BCUT2D eigenvalue weighted by Crippen LogP contribution is -2.43. The highest BCUT2D eigenvalue weighted by Gasteiger charge is 2.27. The average molecular weight is 260 g/mol. The summed E-state index contributed by atoms with van der Waals surface area (Å²) < 4.78 is 32.1. The fourth-order valence-corrected chi connectivity index (χ4v) is 3.14. The van der Waals surface area contributed by atoms with Gasteiger partial charge in [0.15, 0.2) is 0 Å². The van der Waals surface area contributed by atoms with E-state index in [9.17, 15) is 8.42 Å². The van der Waals surface area contributed by atoms with Gasteiger partial charge in [-0.1, -0.05) is 12.8 Å². The highest BCUT2D eigenvalue weighted by molar-refractivity contribution is 7.89. The van der Waals surface area contributed by atoms with Gasteiger partial charge in [-0.25, -0.2) is 8.42 Å². The van der Waals surface area contributed by atoms with Gasteiger partial charge in [-0.15, -0.1) is 0 Å². The van der Waals surface area contributed by atoms with Crippen molar-refractivity contribution in [1.82, 2.24) is 4.90 Å². The minimum atomic E-state index is -3.30. The van der Waals surface area contributed by atoms with Crippen LogP contribution in [0.3, 0.4) is 0 Å². The lowest BCUT2D eigenvalue weighted by Gasteiger charge is -2.32. The molecule has 0 aromatic rings. The van der Waals surface area contributed by atoms with Crippen LogP contribution in [-0.2, 0) is 14.8 Å². The Bertz CT molecular complexity index is 380. The summed E-state index contributed by atoms with van der Waals surface area (Å²) in [5.74, 6) is 1.09. The third kappa shape index (κ3) is 3.67. The van der Waals surface area contributed by atoms with E-state index in [2.05, 4.69) is 9.30 Å². The number of morpholine rings is 1. The van der Waals surface area contributed by atoms with Crippen LogP contribution in [0.2, 0.25) is 0 Å². The predicted octanol–water partition coefficient (Wildman–Crippen LogP) is 0.867. The third-order valence-electron chi connectivity index (χ3n) is 3.31. The van der Waals surface area contributed by atoms with E-state index in [0.29, 0.717) is 19.1 Å². The van der Waals surface area contributed by atoms with Crippen LogP contribution in [0, 0.1) is 5.92 Å². The maximum absolute atomic E-state index is 11.4. The summed E-state index contributed by atoms with van der Waals surface area (Å²) in [7, 11) is -3.30. The molecule has 17 heavy (non-hydrogen) atoms. The summed E-state index contributed by atoms with van der Waals surface area (Å²) >= 11 is 0. The number of sulfonamides is 1. The minimum Gasteiger partial charge on any atom is -0.378 e. The van der Waals surface area contributed by atoms with Crippen molar-refractivity contribution in [2.45, 2.75) is 25.7 Å². The van der Waals surface area contributed by atoms with Crippen LogP contribution in [0.25, 0.3) is 0 Å². The molecule has 0 atom stereocenters. The number of hydrogen-bond acceptors (Lipinski definition) is 3. The summed E-state index contributed by atoms with van der Waals surface area (Å²) in [6.45, 7) is 2.83. The van der Waals surface area contributed by atoms with Gasteiger partial charge in [-0.05, 0) is 12.8 Å². The van der Waals surface area contributed by atoms with Crippen molar-refractivity contribution in [3.8, 4) is 0 Å². The molecule has 0 unspecified atom stereocenters. The molecule has 0 aromatic heterocycles. The molecule has 1 aliphatic heterocycles. The topological polar surface area (TPSA) is 59.0 Å². The first-order valence-corrected chi connectivity index (χ1v) is 8.03. The Morgan fingerprint density at radius 1 is 1.24 bits per heavy atom. The average Bonchev–Trinajstić information content (AvgIpc) is 2.79. The first kappa shape index (κ1) is 12.8. The Morgan fingerprint density at radius 2 is 1.82 bits per heavy atom. The molecule has 1 saturated carbocycles. The van der Waals surface area contributed by atoms with Crippen molar-refractivity contribution in [3.05, 3.63) is 0 Å². The molecule has 2 fully saturated rings. The van der Waals surface area contributed by atoms with Crippen LogP contribution in [0.1, 0.15) is 25.7 Å². The van der Waals surface area contributed by atoms with E-state index in [-0.39, 0.29) is 0 Å². The van der Waals surface area contributed by atoms with E-state index in [1.165, 1.54) is 19.1 Å². The molecular weight excluding hydrogens is 240 g/mol. The largest absolute Gasteiger partial charge is 0.378 e. The highest BCUT2D eigenvalue weighted by atomic mass is 32.2. The van der Waals surface area contributed by atoms with Crippen molar-refractivity contribution >= 4 is 15.9 Å². The number of hydrogen-bond donors (Lipinski definition) is 0. The molecular formula is C11H20N2O3S. The minimum absolute atomic E-state index is 0.322. The zero-order chi connectivity index (χ0) is 12.3. The monoisotopic (exact) mass is 260 g/mol. The second-order valence-corrected chi connectivity index (χ2v) is 6.41. The summed E-state index contributed by atoms with van der Waals surface area (Å²) in [5.41, 5.74) is 0. The van der Waals surface area contributed by atoms with Gasteiger partial charge in [0.25, 0.3) is 10.0 Å². The molecule has 2 rings (SSSR count). The van der Waals surface area contributed by atoms with Gasteiger partial charge < -0.3 is 9.64 Å². The fourth-order valence-electron chi connectivity index (χ4n) is 2.54. The summed E-state index contributed by atoms with van der Waals surface area (Å²) in [4.78, 5) is 2.08. The number of rotatable bonds is 2. The van der Waals surface area contributed by atoms with Crippen molar-refractivity contribution in [1.29, 1.82) is 0 Å². The first-order chi connectivity index (χ1) is 8.06. The molecule has 2 aliphatic rings. The zero-order valence-corrected chi connectivity index (χ0v) is 11.1. The van der Waals surface area contributed by atoms with Crippen LogP contribution in [0.5, 0.6) is 0 Å². The Labute approximate surface area is 103 Å². The van der Waals surface area contributed by atoms with E-state index < -0.39 is 10.0 Å². The van der Waals surface area contributed by atoms with Gasteiger partial charge in [0.05, 0.1) is 19.5 Å². The first-order valence-electron chi connectivity index (χ1n) is 6.19. The second-order valence-electron chi connectivity index (χ2n) is 4.76. The van der Waals surface area contributed by atoms with Crippen LogP contribution in [-0.4, -0.2) is 51.7 Å². The predicted molar refractivity (Wildman–Crippen MR) is 66.6 cm³/mol. The lowest BCUT2D eigenvalue weighted by molar-refractivity contribution is 0.0660. The van der Waals surface area contributed by atoms with Gasteiger partial charge in [0.2, 0.25) is 0 Å². The molecule has 98 valence electrons. The normalized spacial score (nSPS) is 24.3. The van der Waals surface area contributed by atoms with E-state index in [0.717, 1.165) is 31.8 Å². The van der Waals surface area contributed by atoms with Crippen molar-refractivity contribution < 1.29 is 13.2 Å². The van der Waals surface area contributed by atoms with E-state index in [4.69, 9.17) is 4.74 Å². The van der Waals surface area contributed by atoms with Gasteiger partial charge in [-0.2, -0.15) is 4.40 Å². The maximum Gasteiger partial charge on any atom is 0.251 e. The molecule has 0 bridgehead atoms. The highest BCUT2D eigenvalue weighted by Crippen LogP contribution is 2.28. The van der Waals surface area contributed by atoms with E-state index in [1.807, 2.05) is 0 Å². The number of ether oxygens (including phenoxy) is 1. The van der Waals surface area contributed by atoms with E-state index in [1.54, 1.807) is 0 Å². The molecule has 1 aliphatic carbocycles. The van der Waals surface area contributed by atoms with E-state index >= 15 is 0 Å². The quantitative estimate of drug-likeness (QED) is 0.546. The smallest absolute Gasteiger partial charge is 0.251 e. The number of amidine groups is 1. The Kier molecular flexibility index (Phi) is 4.04. The van der Waals surface area contributed by atoms with Gasteiger partial charge in [-0.3, -0.25) is 0 Å². The van der Waals surface area contributed by atoms with Crippen LogP contribution in [0.4, 0.5) is 0 Å². The molecule has 0 N–H and O–H groups in total. The zero-order valence-electron chi connectivity index (χ0n) is 10.3. The molecule has 5 nitrogen and oxygen atoms in total. The Balaban J connectivity index is 2.19. The van der Waals surface area contributed by atoms with Gasteiger partial charge in [0, 0.05) is 19.0 Å². The second kappa shape index (κ2) is 5.35. The molecule has 1 heterocycles. The standard InChI is InChI=1S/C11H20N2O3S/c1-17(14,15)12-11(10-4-2-3-5-10)13-6-8-16-9-7-13/h10H,2-9H2,1H3/b12-11+. The summed E-state index contributed by atoms with van der Waals surface area (Å²) in [6.07, 6.45) is 5.65. The third-order valence-corrected chi connectivity index (χ3v) is 3.83. The Hall–Kier alpha value is -0.620. The lowest BCUT2D eigenvalue weighted by atomic mass is 10.1.